The molecule has 0 aliphatic carbocycles. The summed E-state index contributed by atoms with van der Waals surface area (Å²) >= 11 is 3.42. The lowest BCUT2D eigenvalue weighted by Crippen LogP contribution is -2.46. The van der Waals surface area contributed by atoms with Crippen molar-refractivity contribution in [3.63, 3.8) is 0 Å². The van der Waals surface area contributed by atoms with Crippen LogP contribution in [0, 0.1) is 0 Å². The summed E-state index contributed by atoms with van der Waals surface area (Å²) in [6.07, 6.45) is -0.540. The van der Waals surface area contributed by atoms with Crippen LogP contribution < -0.4 is 10.5 Å². The monoisotopic (exact) mass is 356 g/mol. The van der Waals surface area contributed by atoms with Crippen LogP contribution in [0.5, 0.6) is 5.75 Å². The van der Waals surface area contributed by atoms with E-state index in [9.17, 15) is 4.79 Å². The molecule has 21 heavy (non-hydrogen) atoms. The van der Waals surface area contributed by atoms with Crippen molar-refractivity contribution < 1.29 is 14.3 Å². The van der Waals surface area contributed by atoms with Crippen molar-refractivity contribution in [3.8, 4) is 5.75 Å². The van der Waals surface area contributed by atoms with Crippen molar-refractivity contribution in [2.75, 3.05) is 26.3 Å². The molecule has 1 fully saturated rings. The van der Waals surface area contributed by atoms with Crippen LogP contribution in [-0.2, 0) is 9.53 Å². The molecule has 5 nitrogen and oxygen atoms in total. The fraction of sp³-hybridized carbons (Fsp3) is 0.533. The first kappa shape index (κ1) is 16.3. The Kier molecular flexibility index (Phi) is 5.61. The third-order valence-corrected chi connectivity index (χ3v) is 3.93. The third-order valence-electron chi connectivity index (χ3n) is 3.44. The Morgan fingerprint density at radius 3 is 2.67 bits per heavy atom. The summed E-state index contributed by atoms with van der Waals surface area (Å²) in [5.41, 5.74) is 6.85. The lowest BCUT2D eigenvalue weighted by molar-refractivity contribution is -0.142. The Morgan fingerprint density at radius 1 is 1.38 bits per heavy atom. The average Bonchev–Trinajstić information content (AvgIpc) is 2.49. The van der Waals surface area contributed by atoms with Crippen LogP contribution in [0.1, 0.15) is 25.5 Å². The van der Waals surface area contributed by atoms with Gasteiger partial charge in [-0.1, -0.05) is 15.9 Å². The van der Waals surface area contributed by atoms with Crippen molar-refractivity contribution in [2.24, 2.45) is 5.73 Å². The fourth-order valence-corrected chi connectivity index (χ4v) is 2.64. The van der Waals surface area contributed by atoms with E-state index in [4.69, 9.17) is 15.2 Å². The Hall–Kier alpha value is -1.11. The van der Waals surface area contributed by atoms with Gasteiger partial charge in [0.2, 0.25) is 0 Å². The molecule has 0 aromatic heterocycles. The molecule has 1 aromatic rings. The van der Waals surface area contributed by atoms with Crippen LogP contribution in [0.25, 0.3) is 0 Å². The van der Waals surface area contributed by atoms with Crippen molar-refractivity contribution >= 4 is 21.8 Å². The first-order valence-corrected chi connectivity index (χ1v) is 7.86. The van der Waals surface area contributed by atoms with Crippen LogP contribution in [0.15, 0.2) is 22.7 Å². The van der Waals surface area contributed by atoms with Gasteiger partial charge in [0, 0.05) is 29.2 Å². The minimum atomic E-state index is -0.540. The predicted molar refractivity (Wildman–Crippen MR) is 84.2 cm³/mol. The molecule has 0 radical (unpaired) electrons. The molecule has 0 bridgehead atoms. The van der Waals surface area contributed by atoms with Gasteiger partial charge in [-0.2, -0.15) is 0 Å². The summed E-state index contributed by atoms with van der Waals surface area (Å²) in [5.74, 6) is 0.638. The highest BCUT2D eigenvalue weighted by Gasteiger charge is 2.24. The number of benzene rings is 1. The third kappa shape index (κ3) is 4.18. The van der Waals surface area contributed by atoms with Gasteiger partial charge in [0.05, 0.1) is 13.2 Å². The predicted octanol–water partition coefficient (Wildman–Crippen LogP) is 2.09. The molecule has 1 aliphatic rings. The van der Waals surface area contributed by atoms with E-state index in [0.717, 1.165) is 10.0 Å². The largest absolute Gasteiger partial charge is 0.481 e. The number of nitrogens with two attached hydrogens (primary N) is 1. The van der Waals surface area contributed by atoms with E-state index in [1.807, 2.05) is 25.1 Å². The number of halogens is 1. The summed E-state index contributed by atoms with van der Waals surface area (Å²) in [6.45, 7) is 6.07. The standard InChI is InChI=1S/C15H21BrN2O3/c1-10(17)13-9-12(16)3-4-14(13)21-11(2)15(19)18-5-7-20-8-6-18/h3-4,9-11H,5-8,17H2,1-2H3/t10-,11?/m1/s1. The number of amides is 1. The smallest absolute Gasteiger partial charge is 0.263 e. The SMILES string of the molecule is CC(Oc1ccc(Br)cc1[C@@H](C)N)C(=O)N1CCOCC1. The molecule has 6 heteroatoms. The molecule has 1 amide bonds. The second kappa shape index (κ2) is 7.24. The number of hydrogen-bond acceptors (Lipinski definition) is 4. The second-order valence-electron chi connectivity index (χ2n) is 5.17. The second-order valence-corrected chi connectivity index (χ2v) is 6.08. The molecule has 1 unspecified atom stereocenters. The van der Waals surface area contributed by atoms with E-state index in [-0.39, 0.29) is 11.9 Å². The van der Waals surface area contributed by atoms with E-state index in [1.165, 1.54) is 0 Å². The maximum Gasteiger partial charge on any atom is 0.263 e. The van der Waals surface area contributed by atoms with Gasteiger partial charge in [-0.05, 0) is 32.0 Å². The van der Waals surface area contributed by atoms with Crippen molar-refractivity contribution in [1.29, 1.82) is 0 Å². The number of nitrogens with zero attached hydrogens (tertiary/aromatic N) is 1. The maximum atomic E-state index is 12.4. The quantitative estimate of drug-likeness (QED) is 0.896. The number of ether oxygens (including phenoxy) is 2. The Labute approximate surface area is 133 Å². The van der Waals surface area contributed by atoms with Gasteiger partial charge in [-0.3, -0.25) is 4.79 Å². The molecule has 1 aliphatic heterocycles. The Bertz CT molecular complexity index is 502. The molecule has 0 saturated carbocycles. The molecular weight excluding hydrogens is 336 g/mol. The molecule has 1 saturated heterocycles. The molecule has 2 rings (SSSR count). The number of hydrogen-bond donors (Lipinski definition) is 1. The lowest BCUT2D eigenvalue weighted by atomic mass is 10.1. The van der Waals surface area contributed by atoms with E-state index in [1.54, 1.807) is 11.8 Å². The Morgan fingerprint density at radius 2 is 2.05 bits per heavy atom. The number of morpholine rings is 1. The highest BCUT2D eigenvalue weighted by molar-refractivity contribution is 9.10. The zero-order chi connectivity index (χ0) is 15.4. The van der Waals surface area contributed by atoms with Crippen molar-refractivity contribution in [3.05, 3.63) is 28.2 Å². The maximum absolute atomic E-state index is 12.4. The van der Waals surface area contributed by atoms with E-state index >= 15 is 0 Å². The average molecular weight is 357 g/mol. The zero-order valence-corrected chi connectivity index (χ0v) is 13.9. The first-order valence-electron chi connectivity index (χ1n) is 7.07. The van der Waals surface area contributed by atoms with Crippen LogP contribution in [0.3, 0.4) is 0 Å². The highest BCUT2D eigenvalue weighted by atomic mass is 79.9. The normalized spacial score (nSPS) is 18.2. The van der Waals surface area contributed by atoms with Crippen LogP contribution in [-0.4, -0.2) is 43.2 Å². The van der Waals surface area contributed by atoms with E-state index in [2.05, 4.69) is 15.9 Å². The summed E-state index contributed by atoms with van der Waals surface area (Å²) in [4.78, 5) is 14.1. The number of carbonyl (C=O) groups is 1. The molecule has 116 valence electrons. The number of rotatable bonds is 4. The molecule has 0 spiro atoms. The lowest BCUT2D eigenvalue weighted by Gasteiger charge is -2.29. The molecular formula is C15H21BrN2O3. The van der Waals surface area contributed by atoms with Gasteiger partial charge >= 0.3 is 0 Å². The molecule has 2 atom stereocenters. The minimum Gasteiger partial charge on any atom is -0.481 e. The van der Waals surface area contributed by atoms with Crippen LogP contribution >= 0.6 is 15.9 Å². The summed E-state index contributed by atoms with van der Waals surface area (Å²) in [6, 6.07) is 5.48. The summed E-state index contributed by atoms with van der Waals surface area (Å²) in [7, 11) is 0. The number of carbonyl (C=O) groups excluding carboxylic acids is 1. The van der Waals surface area contributed by atoms with Crippen LogP contribution in [0.4, 0.5) is 0 Å². The minimum absolute atomic E-state index is 0.0168. The summed E-state index contributed by atoms with van der Waals surface area (Å²) < 4.78 is 12.0. The van der Waals surface area contributed by atoms with Gasteiger partial charge < -0.3 is 20.1 Å². The highest BCUT2D eigenvalue weighted by Crippen LogP contribution is 2.28. The van der Waals surface area contributed by atoms with Crippen molar-refractivity contribution in [2.45, 2.75) is 26.0 Å². The van der Waals surface area contributed by atoms with Gasteiger partial charge in [0.25, 0.3) is 5.91 Å². The molecule has 2 N–H and O–H groups in total. The molecule has 1 aromatic carbocycles. The van der Waals surface area contributed by atoms with Gasteiger partial charge in [0.15, 0.2) is 6.10 Å². The first-order chi connectivity index (χ1) is 9.99. The topological polar surface area (TPSA) is 64.8 Å². The summed E-state index contributed by atoms with van der Waals surface area (Å²) in [5, 5.41) is 0. The Balaban J connectivity index is 2.08. The van der Waals surface area contributed by atoms with E-state index in [0.29, 0.717) is 32.1 Å². The zero-order valence-electron chi connectivity index (χ0n) is 12.3. The van der Waals surface area contributed by atoms with Gasteiger partial charge in [0.1, 0.15) is 5.75 Å². The fourth-order valence-electron chi connectivity index (χ4n) is 2.26. The van der Waals surface area contributed by atoms with Gasteiger partial charge in [-0.25, -0.2) is 0 Å². The van der Waals surface area contributed by atoms with Gasteiger partial charge in [-0.15, -0.1) is 0 Å². The molecule has 1 heterocycles. The van der Waals surface area contributed by atoms with E-state index < -0.39 is 6.10 Å². The van der Waals surface area contributed by atoms with Crippen molar-refractivity contribution in [1.82, 2.24) is 4.90 Å². The van der Waals surface area contributed by atoms with Crippen LogP contribution in [0.2, 0.25) is 0 Å².